The van der Waals surface area contributed by atoms with Crippen LogP contribution in [-0.2, 0) is 8.68 Å². The van der Waals surface area contributed by atoms with Crippen LogP contribution >= 0.6 is 51.1 Å². The summed E-state index contributed by atoms with van der Waals surface area (Å²) in [6.07, 6.45) is 0. The molecule has 0 atom stereocenters. The molecular weight excluding hydrogens is 442 g/mol. The van der Waals surface area contributed by atoms with Gasteiger partial charge >= 0.3 is 59.7 Å². The minimum absolute atomic E-state index is 0.138. The van der Waals surface area contributed by atoms with Crippen LogP contribution in [0.15, 0.2) is 0 Å². The first-order valence-corrected chi connectivity index (χ1v) is 12.5. The van der Waals surface area contributed by atoms with E-state index >= 15 is 0 Å². The van der Waals surface area contributed by atoms with Gasteiger partial charge in [0.25, 0.3) is 0 Å². The van der Waals surface area contributed by atoms with E-state index in [1.807, 2.05) is 0 Å². The average molecular weight is 442 g/mol. The van der Waals surface area contributed by atoms with Gasteiger partial charge in [0, 0.05) is 0 Å². The van der Waals surface area contributed by atoms with Gasteiger partial charge in [0.05, 0.1) is 0 Å². The molecule has 0 radical (unpaired) electrons. The Kier molecular flexibility index (Phi) is 6.44. The first-order chi connectivity index (χ1) is 1.73. The van der Waals surface area contributed by atoms with Crippen LogP contribution in [0, 0.1) is 0 Å². The Morgan fingerprint density at radius 1 is 1.50 bits per heavy atom. The van der Waals surface area contributed by atoms with Gasteiger partial charge in [-0.1, -0.05) is 0 Å². The molecule has 0 fully saturated rings. The SMILES string of the molecule is [Br][Ag]([I])[I]. The quantitative estimate of drug-likeness (QED) is 0.401. The maximum absolute atomic E-state index is 3.35. The van der Waals surface area contributed by atoms with Gasteiger partial charge < -0.3 is 0 Å². The Morgan fingerprint density at radius 2 is 1.50 bits per heavy atom. The summed E-state index contributed by atoms with van der Waals surface area (Å²) >= 11 is 8.05. The van der Waals surface area contributed by atoms with Gasteiger partial charge in [-0.3, -0.25) is 0 Å². The second-order valence-electron chi connectivity index (χ2n) is 0.129. The van der Waals surface area contributed by atoms with Crippen LogP contribution in [0.1, 0.15) is 0 Å². The predicted molar refractivity (Wildman–Crippen MR) is 37.0 cm³/mol. The summed E-state index contributed by atoms with van der Waals surface area (Å²) in [6.45, 7) is 0. The summed E-state index contributed by atoms with van der Waals surface area (Å²) in [5.74, 6) is 0. The van der Waals surface area contributed by atoms with E-state index < -0.39 is 0 Å². The molecule has 4 heavy (non-hydrogen) atoms. The van der Waals surface area contributed by atoms with Crippen LogP contribution in [0.5, 0.6) is 0 Å². The minimum atomic E-state index is -0.138. The monoisotopic (exact) mass is 440 g/mol. The number of hydrogen-bond acceptors (Lipinski definition) is 0. The normalized spacial score (nSPS) is 11.2. The van der Waals surface area contributed by atoms with Crippen molar-refractivity contribution in [3.63, 3.8) is 0 Å². The molecule has 0 aliphatic heterocycles. The average Bonchev–Trinajstić information content (AvgIpc) is 0.811. The third-order valence-electron chi connectivity index (χ3n) is 0. The summed E-state index contributed by atoms with van der Waals surface area (Å²) in [6, 6.07) is 0. The Balaban J connectivity index is 2.32. The molecule has 0 saturated heterocycles. The Morgan fingerprint density at radius 3 is 1.50 bits per heavy atom. The summed E-state index contributed by atoms with van der Waals surface area (Å²) < 4.78 is 0. The topological polar surface area (TPSA) is 0 Å². The van der Waals surface area contributed by atoms with Crippen molar-refractivity contribution in [3.8, 4) is 0 Å². The van der Waals surface area contributed by atoms with Crippen LogP contribution in [0.3, 0.4) is 0 Å². The third-order valence-corrected chi connectivity index (χ3v) is 0. The molecular formula is AgBrI2. The molecule has 0 unspecified atom stereocenters. The van der Waals surface area contributed by atoms with Gasteiger partial charge in [0.2, 0.25) is 0 Å². The molecule has 0 nitrogen and oxygen atoms in total. The van der Waals surface area contributed by atoms with Crippen LogP contribution < -0.4 is 0 Å². The molecule has 0 saturated carbocycles. The Hall–Kier alpha value is 2.68. The van der Waals surface area contributed by atoms with Crippen molar-refractivity contribution in [2.24, 2.45) is 0 Å². The van der Waals surface area contributed by atoms with Gasteiger partial charge in [-0.25, -0.2) is 0 Å². The zero-order chi connectivity index (χ0) is 3.58. The number of hydrogen-bond donors (Lipinski definition) is 0. The van der Waals surface area contributed by atoms with Crippen LogP contribution in [0.4, 0.5) is 0 Å². The van der Waals surface area contributed by atoms with Gasteiger partial charge in [-0.05, 0) is 0 Å². The molecule has 0 spiro atoms. The van der Waals surface area contributed by atoms with E-state index in [0.717, 1.165) is 0 Å². The van der Waals surface area contributed by atoms with Gasteiger partial charge in [-0.15, -0.1) is 0 Å². The van der Waals surface area contributed by atoms with E-state index in [2.05, 4.69) is 51.1 Å². The fourth-order valence-electron chi connectivity index (χ4n) is 0. The van der Waals surface area contributed by atoms with Crippen molar-refractivity contribution in [1.82, 2.24) is 0 Å². The van der Waals surface area contributed by atoms with Crippen molar-refractivity contribution >= 4 is 51.1 Å². The number of halogens is 3. The molecule has 0 aliphatic rings. The van der Waals surface area contributed by atoms with Crippen molar-refractivity contribution in [2.45, 2.75) is 0 Å². The van der Waals surface area contributed by atoms with Crippen molar-refractivity contribution in [3.05, 3.63) is 0 Å². The summed E-state index contributed by atoms with van der Waals surface area (Å²) in [5, 5.41) is 0. The second kappa shape index (κ2) is 3.86. The van der Waals surface area contributed by atoms with Gasteiger partial charge in [0.1, 0.15) is 0 Å². The molecule has 0 aromatic carbocycles. The maximum atomic E-state index is 3.35. The zero-order valence-electron chi connectivity index (χ0n) is 1.44. The van der Waals surface area contributed by atoms with Crippen LogP contribution in [0.2, 0.25) is 0 Å². The van der Waals surface area contributed by atoms with E-state index in [0.29, 0.717) is 0 Å². The Labute approximate surface area is 58.2 Å². The zero-order valence-corrected chi connectivity index (χ0v) is 8.82. The predicted octanol–water partition coefficient (Wildman–Crippen LogP) is 2.61. The first-order valence-electron chi connectivity index (χ1n) is 0.342. The fourth-order valence-corrected chi connectivity index (χ4v) is 0. The molecule has 0 rings (SSSR count). The number of rotatable bonds is 0. The molecule has 0 aromatic rings. The van der Waals surface area contributed by atoms with Crippen LogP contribution in [0.25, 0.3) is 0 Å². The van der Waals surface area contributed by atoms with E-state index in [-0.39, 0.29) is 8.68 Å². The molecule has 4 heteroatoms. The van der Waals surface area contributed by atoms with Gasteiger partial charge in [0.15, 0.2) is 0 Å². The van der Waals surface area contributed by atoms with E-state index in [4.69, 9.17) is 0 Å². The standard InChI is InChI=1S/Ag.BrH.2HI/h;3*1H/q+3;;;/p-3. The Bertz CT molecular complexity index is 10.8. The molecule has 32 valence electrons. The molecule has 0 aromatic heterocycles. The summed E-state index contributed by atoms with van der Waals surface area (Å²) in [5.41, 5.74) is 0. The molecule has 0 heterocycles. The van der Waals surface area contributed by atoms with Crippen molar-refractivity contribution < 1.29 is 8.68 Å². The molecule has 0 bridgehead atoms. The van der Waals surface area contributed by atoms with E-state index in [1.54, 1.807) is 0 Å². The third kappa shape index (κ3) is 8.82. The molecule has 0 aliphatic carbocycles. The van der Waals surface area contributed by atoms with Crippen molar-refractivity contribution in [1.29, 1.82) is 0 Å². The molecule has 0 N–H and O–H groups in total. The second-order valence-corrected chi connectivity index (χ2v) is 29.2. The summed E-state index contributed by atoms with van der Waals surface area (Å²) in [4.78, 5) is 0. The summed E-state index contributed by atoms with van der Waals surface area (Å²) in [7, 11) is -0.138. The van der Waals surface area contributed by atoms with Crippen molar-refractivity contribution in [2.75, 3.05) is 0 Å². The van der Waals surface area contributed by atoms with Gasteiger partial charge in [-0.2, -0.15) is 0 Å². The van der Waals surface area contributed by atoms with E-state index in [1.165, 1.54) is 0 Å². The van der Waals surface area contributed by atoms with Crippen LogP contribution in [-0.4, -0.2) is 0 Å². The fraction of sp³-hybridized carbons (Fsp3) is 0. The molecule has 0 amide bonds. The van der Waals surface area contributed by atoms with E-state index in [9.17, 15) is 0 Å². The first kappa shape index (κ1) is 6.68.